The lowest BCUT2D eigenvalue weighted by atomic mass is 9.91. The Morgan fingerprint density at radius 1 is 1.11 bits per heavy atom. The largest absolute Gasteiger partial charge is 0.413 e. The molecule has 0 aliphatic heterocycles. The van der Waals surface area contributed by atoms with E-state index in [1.165, 1.54) is 0 Å². The lowest BCUT2D eigenvalue weighted by Crippen LogP contribution is -2.51. The normalized spacial score (nSPS) is 13.4. The lowest BCUT2D eigenvalue weighted by molar-refractivity contribution is -0.128. The number of carbonyl (C=O) groups is 2. The summed E-state index contributed by atoms with van der Waals surface area (Å²) in [6, 6.07) is 10.8. The van der Waals surface area contributed by atoms with Crippen molar-refractivity contribution in [3.8, 4) is 0 Å². The fourth-order valence-corrected chi connectivity index (χ4v) is 5.30. The molecule has 6 nitrogen and oxygen atoms in total. The van der Waals surface area contributed by atoms with Gasteiger partial charge in [0, 0.05) is 5.56 Å². The van der Waals surface area contributed by atoms with Gasteiger partial charge in [0.15, 0.2) is 8.32 Å². The molecule has 0 fully saturated rings. The van der Waals surface area contributed by atoms with Crippen LogP contribution in [0, 0.1) is 19.4 Å². The van der Waals surface area contributed by atoms with Crippen molar-refractivity contribution in [1.29, 1.82) is 0 Å². The van der Waals surface area contributed by atoms with Crippen LogP contribution in [0.5, 0.6) is 0 Å². The van der Waals surface area contributed by atoms with Crippen molar-refractivity contribution >= 4 is 37.4 Å². The van der Waals surface area contributed by atoms with Crippen molar-refractivity contribution in [3.63, 3.8) is 0 Å². The molecule has 194 valence electrons. The lowest BCUT2D eigenvalue weighted by Gasteiger charge is -2.40. The van der Waals surface area contributed by atoms with E-state index in [0.29, 0.717) is 22.7 Å². The molecule has 2 rings (SSSR count). The Bertz CT molecular complexity index is 1130. The molecule has 0 unspecified atom stereocenters. The van der Waals surface area contributed by atoms with Crippen LogP contribution in [0.2, 0.25) is 23.2 Å². The van der Waals surface area contributed by atoms with Crippen LogP contribution in [-0.2, 0) is 22.1 Å². The van der Waals surface area contributed by atoms with Crippen molar-refractivity contribution in [2.45, 2.75) is 78.6 Å². The van der Waals surface area contributed by atoms with E-state index >= 15 is 0 Å². The highest BCUT2D eigenvalue weighted by atomic mass is 35.5. The molecular formula is C28H38ClN3O3Si. The number of hydrogen-bond donors (Lipinski definition) is 2. The molecule has 2 N–H and O–H groups in total. The second-order valence-corrected chi connectivity index (χ2v) is 15.8. The second kappa shape index (κ2) is 12.0. The zero-order chi connectivity index (χ0) is 27.3. The van der Waals surface area contributed by atoms with Gasteiger partial charge in [-0.15, -0.1) is 0 Å². The average molecular weight is 528 g/mol. The third-order valence-electron chi connectivity index (χ3n) is 7.15. The van der Waals surface area contributed by atoms with Crippen LogP contribution in [0.4, 0.5) is 5.69 Å². The number of amides is 2. The van der Waals surface area contributed by atoms with E-state index in [2.05, 4.69) is 49.6 Å². The van der Waals surface area contributed by atoms with Gasteiger partial charge in [0.25, 0.3) is 5.91 Å². The van der Waals surface area contributed by atoms with Gasteiger partial charge in [-0.1, -0.05) is 63.6 Å². The molecule has 0 bridgehead atoms. The van der Waals surface area contributed by atoms with Crippen LogP contribution in [0.1, 0.15) is 61.7 Å². The highest BCUT2D eigenvalue weighted by molar-refractivity contribution is 6.74. The first-order chi connectivity index (χ1) is 16.7. The molecule has 2 amide bonds. The number of benzene rings is 2. The fourth-order valence-electron chi connectivity index (χ4n) is 3.63. The SMILES string of the molecule is [C-]#[N+]c1ccc(C[C@@H](C(=O)NNC(=O)c2ccc(CC)cc2)[C@H](C)O[Si](C)(C)C(C)(C)C)c(C)c1Cl. The molecular weight excluding hydrogens is 490 g/mol. The van der Waals surface area contributed by atoms with Crippen molar-refractivity contribution in [1.82, 2.24) is 10.9 Å². The summed E-state index contributed by atoms with van der Waals surface area (Å²) in [5.74, 6) is -1.32. The Morgan fingerprint density at radius 2 is 1.72 bits per heavy atom. The van der Waals surface area contributed by atoms with E-state index in [1.54, 1.807) is 18.2 Å². The van der Waals surface area contributed by atoms with E-state index in [-0.39, 0.29) is 16.9 Å². The summed E-state index contributed by atoms with van der Waals surface area (Å²) in [6.45, 7) is 23.8. The summed E-state index contributed by atoms with van der Waals surface area (Å²) in [4.78, 5) is 29.5. The first kappa shape index (κ1) is 29.6. The van der Waals surface area contributed by atoms with Crippen LogP contribution in [0.25, 0.3) is 4.85 Å². The molecule has 2 aromatic carbocycles. The molecule has 0 radical (unpaired) electrons. The van der Waals surface area contributed by atoms with Gasteiger partial charge in [-0.3, -0.25) is 20.4 Å². The third-order valence-corrected chi connectivity index (χ3v) is 12.2. The third kappa shape index (κ3) is 7.19. The van der Waals surface area contributed by atoms with Gasteiger partial charge in [-0.25, -0.2) is 4.85 Å². The van der Waals surface area contributed by atoms with E-state index in [0.717, 1.165) is 23.1 Å². The number of halogens is 1. The summed E-state index contributed by atoms with van der Waals surface area (Å²) < 4.78 is 6.57. The Balaban J connectivity index is 2.28. The monoisotopic (exact) mass is 527 g/mol. The minimum absolute atomic E-state index is 0.0301. The number of rotatable bonds is 8. The Kier molecular flexibility index (Phi) is 9.90. The molecule has 0 aliphatic carbocycles. The van der Waals surface area contributed by atoms with E-state index in [9.17, 15) is 9.59 Å². The number of aryl methyl sites for hydroxylation is 1. The van der Waals surface area contributed by atoms with E-state index in [1.807, 2.05) is 39.0 Å². The zero-order valence-corrected chi connectivity index (χ0v) is 24.3. The molecule has 0 aromatic heterocycles. The Labute approximate surface area is 221 Å². The molecule has 8 heteroatoms. The van der Waals surface area contributed by atoms with Gasteiger partial charge in [0.05, 0.1) is 23.6 Å². The topological polar surface area (TPSA) is 71.8 Å². The van der Waals surface area contributed by atoms with Gasteiger partial charge >= 0.3 is 0 Å². The smallest absolute Gasteiger partial charge is 0.269 e. The first-order valence-corrected chi connectivity index (χ1v) is 15.5. The Hall–Kier alpha value is -2.66. The fraction of sp³-hybridized carbons (Fsp3) is 0.464. The van der Waals surface area contributed by atoms with Crippen molar-refractivity contribution in [2.75, 3.05) is 0 Å². The van der Waals surface area contributed by atoms with Crippen LogP contribution in [-0.4, -0.2) is 26.2 Å². The molecule has 0 spiro atoms. The van der Waals surface area contributed by atoms with Gasteiger partial charge < -0.3 is 4.43 Å². The number of nitrogens with zero attached hydrogens (tertiary/aromatic N) is 1. The molecule has 2 aromatic rings. The molecule has 0 heterocycles. The van der Waals surface area contributed by atoms with Crippen molar-refractivity contribution < 1.29 is 14.0 Å². The minimum atomic E-state index is -2.17. The van der Waals surface area contributed by atoms with Gasteiger partial charge in [-0.2, -0.15) is 0 Å². The summed E-state index contributed by atoms with van der Waals surface area (Å²) >= 11 is 6.40. The van der Waals surface area contributed by atoms with Crippen LogP contribution in [0.15, 0.2) is 36.4 Å². The van der Waals surface area contributed by atoms with E-state index in [4.69, 9.17) is 22.6 Å². The summed E-state index contributed by atoms with van der Waals surface area (Å²) in [5.41, 5.74) is 8.76. The molecule has 36 heavy (non-hydrogen) atoms. The number of hydrogen-bond acceptors (Lipinski definition) is 3. The van der Waals surface area contributed by atoms with E-state index < -0.39 is 20.3 Å². The second-order valence-electron chi connectivity index (χ2n) is 10.7. The average Bonchev–Trinajstić information content (AvgIpc) is 2.82. The van der Waals surface area contributed by atoms with Crippen molar-refractivity contribution in [3.05, 3.63) is 75.1 Å². The molecule has 2 atom stereocenters. The van der Waals surface area contributed by atoms with Crippen LogP contribution >= 0.6 is 11.6 Å². The van der Waals surface area contributed by atoms with Gasteiger partial charge in [0.2, 0.25) is 11.6 Å². The van der Waals surface area contributed by atoms with Crippen molar-refractivity contribution in [2.24, 2.45) is 5.92 Å². The first-order valence-electron chi connectivity index (χ1n) is 12.2. The maximum absolute atomic E-state index is 13.4. The predicted octanol–water partition coefficient (Wildman–Crippen LogP) is 6.79. The summed E-state index contributed by atoms with van der Waals surface area (Å²) in [5, 5.41) is 0.362. The molecule has 0 saturated carbocycles. The molecule has 0 saturated heterocycles. The number of carbonyl (C=O) groups excluding carboxylic acids is 2. The summed E-state index contributed by atoms with van der Waals surface area (Å²) in [7, 11) is -2.17. The van der Waals surface area contributed by atoms with Gasteiger partial charge in [0.1, 0.15) is 0 Å². The minimum Gasteiger partial charge on any atom is -0.413 e. The summed E-state index contributed by atoms with van der Waals surface area (Å²) in [6.07, 6.45) is 0.824. The maximum atomic E-state index is 13.4. The number of nitrogens with one attached hydrogen (secondary N) is 2. The highest BCUT2D eigenvalue weighted by Crippen LogP contribution is 2.39. The quantitative estimate of drug-likeness (QED) is 0.225. The standard InChI is InChI=1S/C28H38ClN3O3Si/c1-10-20-11-13-21(14-12-20)26(33)31-32-27(34)23(19(3)35-36(8,9)28(4,5)6)17-22-15-16-24(30-7)25(29)18(22)2/h11-16,19,23H,10,17H2,1-6,8-9H3,(H,31,33)(H,32,34)/t19-,23+/m0/s1. The maximum Gasteiger partial charge on any atom is 0.269 e. The Morgan fingerprint density at radius 3 is 2.25 bits per heavy atom. The molecule has 0 aliphatic rings. The van der Waals surface area contributed by atoms with Gasteiger partial charge in [-0.05, 0) is 73.6 Å². The van der Waals surface area contributed by atoms with Crippen LogP contribution < -0.4 is 10.9 Å². The van der Waals surface area contributed by atoms with Crippen LogP contribution in [0.3, 0.4) is 0 Å². The predicted molar refractivity (Wildman–Crippen MR) is 149 cm³/mol. The number of hydrazine groups is 1. The highest BCUT2D eigenvalue weighted by Gasteiger charge is 2.41. The zero-order valence-electron chi connectivity index (χ0n) is 22.6.